The van der Waals surface area contributed by atoms with E-state index >= 15 is 0 Å². The molecule has 0 saturated heterocycles. The van der Waals surface area contributed by atoms with Crippen molar-refractivity contribution in [3.63, 3.8) is 0 Å². The van der Waals surface area contributed by atoms with Crippen LogP contribution in [0.5, 0.6) is 0 Å². The Kier molecular flexibility index (Phi) is 13.1. The first-order valence-corrected chi connectivity index (χ1v) is 19.1. The topological polar surface area (TPSA) is 72.8 Å². The molecule has 4 fully saturated rings. The van der Waals surface area contributed by atoms with Crippen LogP contribution in [-0.4, -0.2) is 36.9 Å². The molecule has 10 atom stereocenters. The summed E-state index contributed by atoms with van der Waals surface area (Å²) in [6, 6.07) is 0. The molecule has 0 heterocycles. The fourth-order valence-electron chi connectivity index (χ4n) is 11.2. The number of carbonyl (C=O) groups excluding carboxylic acids is 2. The fraction of sp³-hybridized carbons (Fsp3) is 0.854. The average Bonchev–Trinajstić information content (AvgIpc) is 3.38. The summed E-state index contributed by atoms with van der Waals surface area (Å²) in [5.41, 5.74) is 1.48. The van der Waals surface area contributed by atoms with Crippen LogP contribution in [0.15, 0.2) is 24.3 Å². The van der Waals surface area contributed by atoms with Crippen LogP contribution in [0.25, 0.3) is 0 Å². The molecule has 0 amide bonds. The van der Waals surface area contributed by atoms with Crippen LogP contribution in [-0.2, 0) is 19.1 Å². The van der Waals surface area contributed by atoms with E-state index in [1.807, 2.05) is 0 Å². The van der Waals surface area contributed by atoms with Crippen LogP contribution in [0.1, 0.15) is 138 Å². The molecule has 4 saturated carbocycles. The van der Waals surface area contributed by atoms with Crippen molar-refractivity contribution in [2.24, 2.45) is 64.1 Å². The summed E-state index contributed by atoms with van der Waals surface area (Å²) < 4.78 is 10.8. The highest BCUT2D eigenvalue weighted by molar-refractivity contribution is 5.88. The van der Waals surface area contributed by atoms with Crippen LogP contribution in [0.3, 0.4) is 0 Å². The summed E-state index contributed by atoms with van der Waals surface area (Å²) in [5.74, 6) is 5.95. The molecule has 0 spiro atoms. The van der Waals surface area contributed by atoms with Crippen LogP contribution in [0, 0.1) is 64.1 Å². The first-order chi connectivity index (χ1) is 21.8. The van der Waals surface area contributed by atoms with Gasteiger partial charge in [-0.3, -0.25) is 0 Å². The predicted octanol–water partition coefficient (Wildman–Crippen LogP) is 9.72. The fourth-order valence-corrected chi connectivity index (χ4v) is 11.2. The Labute approximate surface area is 281 Å². The Hall–Kier alpha value is -1.62. The van der Waals surface area contributed by atoms with Crippen molar-refractivity contribution in [2.75, 3.05) is 19.8 Å². The molecule has 46 heavy (non-hydrogen) atoms. The monoisotopic (exact) mass is 641 g/mol. The second-order valence-corrected chi connectivity index (χ2v) is 17.4. The van der Waals surface area contributed by atoms with Gasteiger partial charge in [0.25, 0.3) is 0 Å². The average molecular weight is 641 g/mol. The van der Waals surface area contributed by atoms with Gasteiger partial charge >= 0.3 is 11.9 Å². The molecule has 5 nitrogen and oxygen atoms in total. The molecule has 0 bridgehead atoms. The Morgan fingerprint density at radius 3 is 2.17 bits per heavy atom. The lowest BCUT2D eigenvalue weighted by molar-refractivity contribution is -0.144. The van der Waals surface area contributed by atoms with E-state index in [0.29, 0.717) is 16.4 Å². The highest BCUT2D eigenvalue weighted by atomic mass is 16.5. The number of ether oxygens (including phenoxy) is 2. The molecule has 0 aromatic rings. The number of hydrogen-bond donors (Lipinski definition) is 1. The van der Waals surface area contributed by atoms with Crippen LogP contribution < -0.4 is 0 Å². The quantitative estimate of drug-likeness (QED) is 0.134. The maximum atomic E-state index is 12.1. The van der Waals surface area contributed by atoms with E-state index in [4.69, 9.17) is 9.47 Å². The van der Waals surface area contributed by atoms with E-state index in [9.17, 15) is 14.7 Å². The third-order valence-corrected chi connectivity index (χ3v) is 13.9. The number of carbonyl (C=O) groups is 2. The van der Waals surface area contributed by atoms with Gasteiger partial charge < -0.3 is 14.6 Å². The number of aliphatic hydroxyl groups excluding tert-OH is 1. The van der Waals surface area contributed by atoms with E-state index in [-0.39, 0.29) is 24.7 Å². The van der Waals surface area contributed by atoms with E-state index in [1.165, 1.54) is 83.5 Å². The van der Waals surface area contributed by atoms with Crippen LogP contribution in [0.2, 0.25) is 0 Å². The lowest BCUT2D eigenvalue weighted by Crippen LogP contribution is -2.53. The number of rotatable bonds is 16. The molecule has 0 aromatic carbocycles. The maximum absolute atomic E-state index is 12.1. The van der Waals surface area contributed by atoms with Crippen molar-refractivity contribution in [3.8, 4) is 0 Å². The van der Waals surface area contributed by atoms with Crippen LogP contribution >= 0.6 is 0 Å². The molecule has 4 aliphatic rings. The van der Waals surface area contributed by atoms with Gasteiger partial charge in [-0.1, -0.05) is 79.9 Å². The highest BCUT2D eigenvalue weighted by Gasteiger charge is 2.60. The second kappa shape index (κ2) is 16.2. The van der Waals surface area contributed by atoms with E-state index < -0.39 is 18.5 Å². The van der Waals surface area contributed by atoms with Gasteiger partial charge in [0.15, 0.2) is 0 Å². The Bertz CT molecular complexity index is 1060. The molecule has 4 aliphatic carbocycles. The van der Waals surface area contributed by atoms with Gasteiger partial charge in [0.1, 0.15) is 0 Å². The number of aliphatic hydroxyl groups is 1. The van der Waals surface area contributed by atoms with Crippen molar-refractivity contribution in [1.29, 1.82) is 0 Å². The van der Waals surface area contributed by atoms with Crippen molar-refractivity contribution < 1.29 is 24.2 Å². The minimum atomic E-state index is -0.590. The minimum absolute atomic E-state index is 0.0413. The van der Waals surface area contributed by atoms with Gasteiger partial charge in [0.05, 0.1) is 25.4 Å². The molecule has 0 aliphatic heterocycles. The summed E-state index contributed by atoms with van der Waals surface area (Å²) in [5, 5.41) is 9.20. The summed E-state index contributed by atoms with van der Waals surface area (Å²) in [4.78, 5) is 24.1. The zero-order valence-corrected chi connectivity index (χ0v) is 30.4. The SMILES string of the molecule is C=C(C)C(=O)OCC(CCC[C@H]1CC[C@@]2(C)C(CCC3C2CC[C@@]2(C)C3CC[C@@H]2[C@H](C)CCCC(C)C)C1)COC(=O)C(=C)CO. The molecule has 0 aromatic heterocycles. The van der Waals surface area contributed by atoms with Crippen molar-refractivity contribution in [1.82, 2.24) is 0 Å². The summed E-state index contributed by atoms with van der Waals surface area (Å²) >= 11 is 0. The standard InChI is InChI=1S/C41H68O5/c1-27(2)11-9-12-29(5)35-17-18-36-34-16-15-33-23-31(19-21-40(33,7)37(34)20-22-41(35,36)8)13-10-14-32(25-45-38(43)28(3)4)26-46-39(44)30(6)24-42/h27,29,31-37,42H,3,6,9-26H2,1-2,4-5,7-8H3/t29-,31+,32?,33?,34?,35-,36?,37?,40+,41-/m1/s1. The van der Waals surface area contributed by atoms with Gasteiger partial charge in [-0.25, -0.2) is 9.59 Å². The number of esters is 2. The Morgan fingerprint density at radius 2 is 1.50 bits per heavy atom. The third kappa shape index (κ3) is 8.50. The van der Waals surface area contributed by atoms with E-state index in [0.717, 1.165) is 60.2 Å². The van der Waals surface area contributed by atoms with Gasteiger partial charge in [0, 0.05) is 11.5 Å². The van der Waals surface area contributed by atoms with Crippen molar-refractivity contribution in [3.05, 3.63) is 24.3 Å². The van der Waals surface area contributed by atoms with Crippen LogP contribution in [0.4, 0.5) is 0 Å². The zero-order valence-electron chi connectivity index (χ0n) is 30.4. The minimum Gasteiger partial charge on any atom is -0.462 e. The lowest BCUT2D eigenvalue weighted by atomic mass is 9.44. The van der Waals surface area contributed by atoms with Gasteiger partial charge in [-0.15, -0.1) is 0 Å². The van der Waals surface area contributed by atoms with Crippen molar-refractivity contribution in [2.45, 2.75) is 138 Å². The van der Waals surface area contributed by atoms with Gasteiger partial charge in [-0.05, 0) is 129 Å². The summed E-state index contributed by atoms with van der Waals surface area (Å²) in [6.45, 7) is 21.5. The Morgan fingerprint density at radius 1 is 0.826 bits per heavy atom. The summed E-state index contributed by atoms with van der Waals surface area (Å²) in [7, 11) is 0. The van der Waals surface area contributed by atoms with Gasteiger partial charge in [0.2, 0.25) is 0 Å². The first-order valence-electron chi connectivity index (χ1n) is 19.1. The smallest absolute Gasteiger partial charge is 0.335 e. The second-order valence-electron chi connectivity index (χ2n) is 17.4. The lowest BCUT2D eigenvalue weighted by Gasteiger charge is -2.61. The molecule has 0 radical (unpaired) electrons. The largest absolute Gasteiger partial charge is 0.462 e. The molecule has 1 N–H and O–H groups in total. The van der Waals surface area contributed by atoms with Gasteiger partial charge in [-0.2, -0.15) is 0 Å². The normalized spacial score (nSPS) is 35.0. The number of fused-ring (bicyclic) bond motifs is 5. The van der Waals surface area contributed by atoms with E-state index in [2.05, 4.69) is 47.8 Å². The van der Waals surface area contributed by atoms with Crippen molar-refractivity contribution >= 4 is 11.9 Å². The maximum Gasteiger partial charge on any atom is 0.335 e. The van der Waals surface area contributed by atoms with E-state index in [1.54, 1.807) is 6.92 Å². The predicted molar refractivity (Wildman–Crippen MR) is 187 cm³/mol. The molecular formula is C41H68O5. The molecule has 4 rings (SSSR count). The Balaban J connectivity index is 1.29. The first kappa shape index (κ1) is 37.2. The highest BCUT2D eigenvalue weighted by Crippen LogP contribution is 2.68. The molecule has 262 valence electrons. The molecule has 5 heteroatoms. The third-order valence-electron chi connectivity index (χ3n) is 13.9. The zero-order chi connectivity index (χ0) is 33.6. The summed E-state index contributed by atoms with van der Waals surface area (Å²) in [6.07, 6.45) is 20.0. The molecule has 5 unspecified atom stereocenters. The molecular weight excluding hydrogens is 572 g/mol. The number of hydrogen-bond acceptors (Lipinski definition) is 5.